The molecule has 4 nitrogen and oxygen atoms in total. The Kier molecular flexibility index (Phi) is 5.55. The lowest BCUT2D eigenvalue weighted by molar-refractivity contribution is -0.140. The van der Waals surface area contributed by atoms with E-state index in [1.807, 2.05) is 19.9 Å². The number of esters is 2. The van der Waals surface area contributed by atoms with Gasteiger partial charge in [0.25, 0.3) is 0 Å². The van der Waals surface area contributed by atoms with Crippen LogP contribution in [0, 0.1) is 0 Å². The molecule has 0 fully saturated rings. The molecule has 0 aromatic heterocycles. The maximum Gasteiger partial charge on any atom is 0.338 e. The van der Waals surface area contributed by atoms with E-state index in [9.17, 15) is 9.59 Å². The van der Waals surface area contributed by atoms with E-state index in [4.69, 9.17) is 4.74 Å². The number of rotatable bonds is 6. The number of benzene rings is 1. The first-order chi connectivity index (χ1) is 8.94. The van der Waals surface area contributed by atoms with Gasteiger partial charge >= 0.3 is 11.9 Å². The highest BCUT2D eigenvalue weighted by atomic mass is 16.6. The lowest BCUT2D eigenvalue weighted by Crippen LogP contribution is -2.28. The fraction of sp³-hybridized carbons (Fsp3) is 0.467. The van der Waals surface area contributed by atoms with Gasteiger partial charge in [0.2, 0.25) is 0 Å². The van der Waals surface area contributed by atoms with Crippen molar-refractivity contribution in [2.24, 2.45) is 0 Å². The minimum absolute atomic E-state index is 0.245. The number of carbonyl (C=O) groups excluding carboxylic acids is 2. The zero-order chi connectivity index (χ0) is 14.3. The van der Waals surface area contributed by atoms with Crippen molar-refractivity contribution >= 4 is 11.9 Å². The first kappa shape index (κ1) is 15.2. The third-order valence-electron chi connectivity index (χ3n) is 2.77. The van der Waals surface area contributed by atoms with Crippen LogP contribution in [0.4, 0.5) is 0 Å². The molecule has 0 N–H and O–H groups in total. The summed E-state index contributed by atoms with van der Waals surface area (Å²) in [6, 6.07) is 8.86. The van der Waals surface area contributed by atoms with E-state index in [2.05, 4.69) is 4.74 Å². The molecule has 0 saturated carbocycles. The van der Waals surface area contributed by atoms with E-state index in [1.54, 1.807) is 24.3 Å². The standard InChI is InChI=1S/C15H20O4/c1-15(2,11-7-10-13(16)18-3)19-14(17)12-8-5-4-6-9-12/h4-6,8-9H,7,10-11H2,1-3H3. The topological polar surface area (TPSA) is 52.6 Å². The molecule has 1 rings (SSSR count). The van der Waals surface area contributed by atoms with E-state index < -0.39 is 5.60 Å². The largest absolute Gasteiger partial charge is 0.469 e. The Morgan fingerprint density at radius 1 is 1.16 bits per heavy atom. The van der Waals surface area contributed by atoms with Crippen LogP contribution in [0.5, 0.6) is 0 Å². The van der Waals surface area contributed by atoms with Crippen LogP contribution in [-0.2, 0) is 14.3 Å². The highest BCUT2D eigenvalue weighted by Crippen LogP contribution is 2.20. The quantitative estimate of drug-likeness (QED) is 0.741. The van der Waals surface area contributed by atoms with Gasteiger partial charge in [0, 0.05) is 6.42 Å². The Labute approximate surface area is 113 Å². The zero-order valence-electron chi connectivity index (χ0n) is 11.6. The van der Waals surface area contributed by atoms with Gasteiger partial charge in [-0.1, -0.05) is 18.2 Å². The number of hydrogen-bond acceptors (Lipinski definition) is 4. The van der Waals surface area contributed by atoms with Crippen LogP contribution in [0.25, 0.3) is 0 Å². The van der Waals surface area contributed by atoms with Crippen molar-refractivity contribution < 1.29 is 19.1 Å². The first-order valence-electron chi connectivity index (χ1n) is 6.30. The van der Waals surface area contributed by atoms with Gasteiger partial charge in [-0.3, -0.25) is 4.79 Å². The molecule has 0 heterocycles. The zero-order valence-corrected chi connectivity index (χ0v) is 11.6. The van der Waals surface area contributed by atoms with Crippen molar-refractivity contribution in [1.29, 1.82) is 0 Å². The summed E-state index contributed by atoms with van der Waals surface area (Å²) in [5, 5.41) is 0. The minimum atomic E-state index is -0.596. The highest BCUT2D eigenvalue weighted by molar-refractivity contribution is 5.89. The van der Waals surface area contributed by atoms with E-state index in [0.717, 1.165) is 0 Å². The second-order valence-electron chi connectivity index (χ2n) is 4.94. The van der Waals surface area contributed by atoms with Gasteiger partial charge in [-0.2, -0.15) is 0 Å². The molecule has 0 bridgehead atoms. The molecular formula is C15H20O4. The van der Waals surface area contributed by atoms with E-state index in [-0.39, 0.29) is 11.9 Å². The summed E-state index contributed by atoms with van der Waals surface area (Å²) in [6.45, 7) is 3.68. The van der Waals surface area contributed by atoms with Crippen molar-refractivity contribution in [3.63, 3.8) is 0 Å². The molecule has 0 spiro atoms. The number of methoxy groups -OCH3 is 1. The smallest absolute Gasteiger partial charge is 0.338 e. The maximum atomic E-state index is 11.9. The Hall–Kier alpha value is -1.84. The monoisotopic (exact) mass is 264 g/mol. The van der Waals surface area contributed by atoms with Crippen LogP contribution >= 0.6 is 0 Å². The summed E-state index contributed by atoms with van der Waals surface area (Å²) in [5.74, 6) is -0.589. The van der Waals surface area contributed by atoms with Gasteiger partial charge in [-0.05, 0) is 38.8 Å². The van der Waals surface area contributed by atoms with Gasteiger partial charge in [0.15, 0.2) is 0 Å². The van der Waals surface area contributed by atoms with Gasteiger partial charge < -0.3 is 9.47 Å². The van der Waals surface area contributed by atoms with Crippen LogP contribution < -0.4 is 0 Å². The van der Waals surface area contributed by atoms with Crippen molar-refractivity contribution in [2.75, 3.05) is 7.11 Å². The molecule has 0 aliphatic heterocycles. The molecule has 0 aliphatic carbocycles. The average molecular weight is 264 g/mol. The fourth-order valence-electron chi connectivity index (χ4n) is 1.70. The van der Waals surface area contributed by atoms with Crippen LogP contribution in [0.3, 0.4) is 0 Å². The van der Waals surface area contributed by atoms with Crippen LogP contribution in [0.1, 0.15) is 43.5 Å². The molecule has 0 unspecified atom stereocenters. The summed E-state index contributed by atoms with van der Waals surface area (Å²) in [6.07, 6.45) is 1.57. The van der Waals surface area contributed by atoms with E-state index in [1.165, 1.54) is 7.11 Å². The minimum Gasteiger partial charge on any atom is -0.469 e. The third-order valence-corrected chi connectivity index (χ3v) is 2.77. The van der Waals surface area contributed by atoms with Crippen LogP contribution in [-0.4, -0.2) is 24.6 Å². The predicted octanol–water partition coefficient (Wildman–Crippen LogP) is 2.97. The molecule has 19 heavy (non-hydrogen) atoms. The summed E-state index contributed by atoms with van der Waals surface area (Å²) in [5.41, 5.74) is -0.0652. The molecular weight excluding hydrogens is 244 g/mol. The van der Waals surface area contributed by atoms with Crippen molar-refractivity contribution in [2.45, 2.75) is 38.7 Å². The summed E-state index contributed by atoms with van der Waals surface area (Å²) >= 11 is 0. The Morgan fingerprint density at radius 2 is 1.79 bits per heavy atom. The SMILES string of the molecule is COC(=O)CCCC(C)(C)OC(=O)c1ccccc1. The Morgan fingerprint density at radius 3 is 2.37 bits per heavy atom. The first-order valence-corrected chi connectivity index (χ1v) is 6.30. The third kappa shape index (κ3) is 5.55. The number of ether oxygens (including phenoxy) is 2. The van der Waals surface area contributed by atoms with Crippen molar-refractivity contribution in [3.05, 3.63) is 35.9 Å². The molecule has 1 aromatic carbocycles. The second-order valence-corrected chi connectivity index (χ2v) is 4.94. The van der Waals surface area contributed by atoms with E-state index >= 15 is 0 Å². The highest BCUT2D eigenvalue weighted by Gasteiger charge is 2.23. The van der Waals surface area contributed by atoms with Crippen molar-refractivity contribution in [3.8, 4) is 0 Å². The van der Waals surface area contributed by atoms with Gasteiger partial charge in [0.05, 0.1) is 12.7 Å². The Bertz CT molecular complexity index is 423. The van der Waals surface area contributed by atoms with Gasteiger partial charge in [0.1, 0.15) is 5.60 Å². The molecule has 0 saturated heterocycles. The molecule has 4 heteroatoms. The summed E-state index contributed by atoms with van der Waals surface area (Å²) < 4.78 is 10.0. The summed E-state index contributed by atoms with van der Waals surface area (Å²) in [4.78, 5) is 22.9. The average Bonchev–Trinajstić information content (AvgIpc) is 2.38. The molecule has 0 aliphatic rings. The van der Waals surface area contributed by atoms with Crippen LogP contribution in [0.2, 0.25) is 0 Å². The molecule has 0 radical (unpaired) electrons. The van der Waals surface area contributed by atoms with Crippen molar-refractivity contribution in [1.82, 2.24) is 0 Å². The molecule has 104 valence electrons. The molecule has 1 aromatic rings. The second kappa shape index (κ2) is 6.92. The fourth-order valence-corrected chi connectivity index (χ4v) is 1.70. The maximum absolute atomic E-state index is 11.9. The van der Waals surface area contributed by atoms with Gasteiger partial charge in [-0.25, -0.2) is 4.79 Å². The lowest BCUT2D eigenvalue weighted by atomic mass is 10.0. The van der Waals surface area contributed by atoms with E-state index in [0.29, 0.717) is 24.8 Å². The van der Waals surface area contributed by atoms with Crippen LogP contribution in [0.15, 0.2) is 30.3 Å². The normalized spacial score (nSPS) is 10.9. The van der Waals surface area contributed by atoms with Gasteiger partial charge in [-0.15, -0.1) is 0 Å². The Balaban J connectivity index is 2.46. The number of hydrogen-bond donors (Lipinski definition) is 0. The molecule has 0 amide bonds. The molecule has 0 atom stereocenters. The number of carbonyl (C=O) groups is 2. The lowest BCUT2D eigenvalue weighted by Gasteiger charge is -2.25. The summed E-state index contributed by atoms with van der Waals surface area (Å²) in [7, 11) is 1.36. The predicted molar refractivity (Wildman–Crippen MR) is 71.8 cm³/mol.